The van der Waals surface area contributed by atoms with Crippen molar-refractivity contribution in [3.8, 4) is 5.75 Å². The minimum Gasteiger partial charge on any atom is -0.496 e. The van der Waals surface area contributed by atoms with Gasteiger partial charge in [0, 0.05) is 31.3 Å². The van der Waals surface area contributed by atoms with Crippen molar-refractivity contribution >= 4 is 11.6 Å². The molecule has 22 heavy (non-hydrogen) atoms. The number of hydrogen-bond acceptors (Lipinski definition) is 5. The van der Waals surface area contributed by atoms with Gasteiger partial charge < -0.3 is 15.4 Å². The van der Waals surface area contributed by atoms with Crippen molar-refractivity contribution in [3.05, 3.63) is 33.9 Å². The molecule has 1 aliphatic carbocycles. The highest BCUT2D eigenvalue weighted by molar-refractivity contribution is 5.97. The molecular weight excluding hydrogens is 286 g/mol. The van der Waals surface area contributed by atoms with E-state index in [9.17, 15) is 14.9 Å². The first kappa shape index (κ1) is 14.8. The van der Waals surface area contributed by atoms with Crippen LogP contribution in [0.3, 0.4) is 0 Å². The minimum atomic E-state index is -0.509. The third kappa shape index (κ3) is 2.41. The van der Waals surface area contributed by atoms with E-state index in [1.54, 1.807) is 4.90 Å². The predicted molar refractivity (Wildman–Crippen MR) is 79.7 cm³/mol. The molecule has 0 aromatic heterocycles. The lowest BCUT2D eigenvalue weighted by Crippen LogP contribution is -2.33. The van der Waals surface area contributed by atoms with Crippen LogP contribution >= 0.6 is 0 Å². The Morgan fingerprint density at radius 1 is 1.41 bits per heavy atom. The zero-order chi connectivity index (χ0) is 15.9. The molecule has 2 aliphatic rings. The van der Waals surface area contributed by atoms with Gasteiger partial charge in [-0.1, -0.05) is 0 Å². The van der Waals surface area contributed by atoms with Gasteiger partial charge in [-0.2, -0.15) is 0 Å². The van der Waals surface area contributed by atoms with E-state index < -0.39 is 4.92 Å². The molecule has 7 nitrogen and oxygen atoms in total. The van der Waals surface area contributed by atoms with E-state index in [4.69, 9.17) is 10.5 Å². The molecule has 1 aromatic carbocycles. The number of non-ortho nitro benzene ring substituents is 1. The average molecular weight is 305 g/mol. The average Bonchev–Trinajstić information content (AvgIpc) is 3.08. The van der Waals surface area contributed by atoms with Gasteiger partial charge in [0.05, 0.1) is 17.6 Å². The number of fused-ring (bicyclic) bond motifs is 1. The number of nitro benzene ring substituents is 1. The molecule has 2 N–H and O–H groups in total. The van der Waals surface area contributed by atoms with Crippen molar-refractivity contribution in [1.82, 2.24) is 4.90 Å². The number of carbonyl (C=O) groups excluding carboxylic acids is 1. The first-order valence-corrected chi connectivity index (χ1v) is 7.38. The van der Waals surface area contributed by atoms with E-state index in [0.29, 0.717) is 30.7 Å². The first-order chi connectivity index (χ1) is 10.5. The fourth-order valence-corrected chi connectivity index (χ4v) is 3.62. The van der Waals surface area contributed by atoms with Crippen LogP contribution in [0.25, 0.3) is 0 Å². The summed E-state index contributed by atoms with van der Waals surface area (Å²) in [4.78, 5) is 24.9. The van der Waals surface area contributed by atoms with E-state index in [1.807, 2.05) is 0 Å². The Morgan fingerprint density at radius 3 is 2.82 bits per heavy atom. The van der Waals surface area contributed by atoms with Crippen LogP contribution in [0.2, 0.25) is 0 Å². The number of likely N-dealkylation sites (tertiary alicyclic amines) is 1. The summed E-state index contributed by atoms with van der Waals surface area (Å²) < 4.78 is 5.18. The molecule has 0 radical (unpaired) electrons. The number of methoxy groups -OCH3 is 1. The third-order valence-corrected chi connectivity index (χ3v) is 4.82. The van der Waals surface area contributed by atoms with Crippen LogP contribution in [0.15, 0.2) is 18.2 Å². The molecule has 0 bridgehead atoms. The number of nitrogens with zero attached hydrogens (tertiary/aromatic N) is 2. The number of amides is 1. The molecule has 3 unspecified atom stereocenters. The summed E-state index contributed by atoms with van der Waals surface area (Å²) in [6.07, 6.45) is 2.05. The van der Waals surface area contributed by atoms with Crippen LogP contribution in [-0.2, 0) is 0 Å². The summed E-state index contributed by atoms with van der Waals surface area (Å²) >= 11 is 0. The van der Waals surface area contributed by atoms with E-state index >= 15 is 0 Å². The summed E-state index contributed by atoms with van der Waals surface area (Å²) in [6.45, 7) is 1.29. The number of ether oxygens (including phenoxy) is 1. The SMILES string of the molecule is COc1ccc([N+](=O)[O-])cc1C(=O)N1CC2CCC(N)C2C1. The van der Waals surface area contributed by atoms with E-state index in [0.717, 1.165) is 12.8 Å². The second kappa shape index (κ2) is 5.57. The maximum Gasteiger partial charge on any atom is 0.270 e. The quantitative estimate of drug-likeness (QED) is 0.672. The lowest BCUT2D eigenvalue weighted by molar-refractivity contribution is -0.384. The normalized spacial score (nSPS) is 26.8. The first-order valence-electron chi connectivity index (χ1n) is 7.38. The predicted octanol–water partition coefficient (Wildman–Crippen LogP) is 1.41. The smallest absolute Gasteiger partial charge is 0.270 e. The molecule has 3 atom stereocenters. The zero-order valence-electron chi connectivity index (χ0n) is 12.4. The Kier molecular flexibility index (Phi) is 3.74. The zero-order valence-corrected chi connectivity index (χ0v) is 12.4. The van der Waals surface area contributed by atoms with Crippen molar-refractivity contribution in [2.45, 2.75) is 18.9 Å². The highest BCUT2D eigenvalue weighted by Crippen LogP contribution is 2.38. The lowest BCUT2D eigenvalue weighted by atomic mass is 9.98. The van der Waals surface area contributed by atoms with Gasteiger partial charge in [0.2, 0.25) is 0 Å². The van der Waals surface area contributed by atoms with Gasteiger partial charge in [-0.05, 0) is 30.7 Å². The molecule has 2 fully saturated rings. The fourth-order valence-electron chi connectivity index (χ4n) is 3.62. The maximum atomic E-state index is 12.7. The second-order valence-electron chi connectivity index (χ2n) is 6.02. The molecule has 118 valence electrons. The summed E-state index contributed by atoms with van der Waals surface area (Å²) in [5, 5.41) is 10.9. The van der Waals surface area contributed by atoms with Crippen LogP contribution in [0, 0.1) is 22.0 Å². The van der Waals surface area contributed by atoms with Crippen LogP contribution in [0.4, 0.5) is 5.69 Å². The molecular formula is C15H19N3O4. The topological polar surface area (TPSA) is 98.7 Å². The van der Waals surface area contributed by atoms with Crippen molar-refractivity contribution in [2.75, 3.05) is 20.2 Å². The van der Waals surface area contributed by atoms with Gasteiger partial charge in [0.25, 0.3) is 11.6 Å². The van der Waals surface area contributed by atoms with Gasteiger partial charge in [-0.15, -0.1) is 0 Å². The molecule has 1 saturated heterocycles. The van der Waals surface area contributed by atoms with Crippen LogP contribution in [-0.4, -0.2) is 42.0 Å². The number of rotatable bonds is 3. The number of nitro groups is 1. The van der Waals surface area contributed by atoms with Crippen molar-refractivity contribution < 1.29 is 14.5 Å². The summed E-state index contributed by atoms with van der Waals surface area (Å²) in [7, 11) is 1.45. The molecule has 1 saturated carbocycles. The lowest BCUT2D eigenvalue weighted by Gasteiger charge is -2.20. The molecule has 1 heterocycles. The molecule has 1 aliphatic heterocycles. The number of benzene rings is 1. The Labute approximate surface area is 128 Å². The van der Waals surface area contributed by atoms with Crippen molar-refractivity contribution in [1.29, 1.82) is 0 Å². The van der Waals surface area contributed by atoms with Crippen molar-refractivity contribution in [2.24, 2.45) is 17.6 Å². The Bertz CT molecular complexity index is 619. The van der Waals surface area contributed by atoms with E-state index in [2.05, 4.69) is 0 Å². The van der Waals surface area contributed by atoms with Gasteiger partial charge >= 0.3 is 0 Å². The summed E-state index contributed by atoms with van der Waals surface area (Å²) in [5.74, 6) is 0.927. The molecule has 1 amide bonds. The molecule has 7 heteroatoms. The van der Waals surface area contributed by atoms with Gasteiger partial charge in [-0.25, -0.2) is 0 Å². The van der Waals surface area contributed by atoms with Gasteiger partial charge in [0.1, 0.15) is 5.75 Å². The molecule has 0 spiro atoms. The van der Waals surface area contributed by atoms with Crippen LogP contribution in [0.5, 0.6) is 5.75 Å². The Balaban J connectivity index is 1.86. The largest absolute Gasteiger partial charge is 0.496 e. The van der Waals surface area contributed by atoms with E-state index in [-0.39, 0.29) is 23.2 Å². The van der Waals surface area contributed by atoms with Crippen molar-refractivity contribution in [3.63, 3.8) is 0 Å². The Hall–Kier alpha value is -2.15. The number of hydrogen-bond donors (Lipinski definition) is 1. The monoisotopic (exact) mass is 305 g/mol. The molecule has 3 rings (SSSR count). The summed E-state index contributed by atoms with van der Waals surface area (Å²) in [6, 6.07) is 4.24. The highest BCUT2D eigenvalue weighted by atomic mass is 16.6. The van der Waals surface area contributed by atoms with Gasteiger partial charge in [-0.3, -0.25) is 14.9 Å². The number of nitrogens with two attached hydrogens (primary N) is 1. The Morgan fingerprint density at radius 2 is 2.18 bits per heavy atom. The minimum absolute atomic E-state index is 0.111. The van der Waals surface area contributed by atoms with Crippen LogP contribution in [0.1, 0.15) is 23.2 Å². The fraction of sp³-hybridized carbons (Fsp3) is 0.533. The van der Waals surface area contributed by atoms with E-state index in [1.165, 1.54) is 25.3 Å². The standard InChI is InChI=1S/C15H19N3O4/c1-22-14-5-3-10(18(20)21)6-11(14)15(19)17-7-9-2-4-13(16)12(9)8-17/h3,5-6,9,12-13H,2,4,7-8,16H2,1H3. The third-order valence-electron chi connectivity index (χ3n) is 4.82. The maximum absolute atomic E-state index is 12.7. The van der Waals surface area contributed by atoms with Crippen LogP contribution < -0.4 is 10.5 Å². The number of carbonyl (C=O) groups is 1. The highest BCUT2D eigenvalue weighted by Gasteiger charge is 2.43. The molecule has 1 aromatic rings. The second-order valence-corrected chi connectivity index (χ2v) is 6.02. The van der Waals surface area contributed by atoms with Gasteiger partial charge in [0.15, 0.2) is 0 Å². The summed E-state index contributed by atoms with van der Waals surface area (Å²) in [5.41, 5.74) is 6.22.